The van der Waals surface area contributed by atoms with Crippen LogP contribution < -0.4 is 0 Å². The summed E-state index contributed by atoms with van der Waals surface area (Å²) in [4.78, 5) is 0. The topological polar surface area (TPSA) is 20.2 Å². The first kappa shape index (κ1) is 9.92. The van der Waals surface area contributed by atoms with Crippen molar-refractivity contribution in [1.29, 1.82) is 0 Å². The third kappa shape index (κ3) is 2.27. The largest absolute Gasteiger partial charge is 0.217 e. The molecule has 2 heteroatoms. The normalized spacial score (nSPS) is 18.6. The summed E-state index contributed by atoms with van der Waals surface area (Å²) in [6.07, 6.45) is 1.02. The molecule has 0 aromatic carbocycles. The van der Waals surface area contributed by atoms with Crippen LogP contribution in [0.5, 0.6) is 0 Å². The van der Waals surface area contributed by atoms with E-state index in [1.165, 1.54) is 0 Å². The van der Waals surface area contributed by atoms with Gasteiger partial charge in [-0.05, 0) is 27.2 Å². The summed E-state index contributed by atoms with van der Waals surface area (Å²) >= 11 is 0. The molecule has 1 atom stereocenters. The maximum Gasteiger partial charge on any atom is 0.120 e. The highest BCUT2D eigenvalue weighted by molar-refractivity contribution is 4.57. The molecule has 62 valence electrons. The van der Waals surface area contributed by atoms with E-state index in [1.807, 2.05) is 27.8 Å². The fourth-order valence-corrected chi connectivity index (χ4v) is 0.771. The van der Waals surface area contributed by atoms with Gasteiger partial charge >= 0.3 is 0 Å². The van der Waals surface area contributed by atoms with Crippen molar-refractivity contribution >= 4 is 0 Å². The molecule has 2 nitrogen and oxygen atoms in total. The monoisotopic (exact) mass is 146 g/mol. The first-order valence-corrected chi connectivity index (χ1v) is 3.89. The van der Waals surface area contributed by atoms with Crippen LogP contribution in [0.4, 0.5) is 0 Å². The highest BCUT2D eigenvalue weighted by Crippen LogP contribution is 2.18. The smallest absolute Gasteiger partial charge is 0.120 e. The van der Waals surface area contributed by atoms with E-state index in [0.717, 1.165) is 13.0 Å². The van der Waals surface area contributed by atoms with Crippen LogP contribution in [0.3, 0.4) is 0 Å². The molecule has 0 saturated carbocycles. The van der Waals surface area contributed by atoms with Crippen LogP contribution in [0.25, 0.3) is 0 Å². The standard InChI is InChI=1S/C8H20NO/c1-6-7-9(5,10)8(2,3)4/h10H,6-7H2,1-5H3/q+1. The number of hydrogen-bond donors (Lipinski definition) is 1. The lowest BCUT2D eigenvalue weighted by Crippen LogP contribution is -2.55. The summed E-state index contributed by atoms with van der Waals surface area (Å²) in [5, 5.41) is 9.79. The van der Waals surface area contributed by atoms with Crippen molar-refractivity contribution in [1.82, 2.24) is 0 Å². The SMILES string of the molecule is CCC[N+](C)(O)C(C)(C)C. The van der Waals surface area contributed by atoms with Crippen molar-refractivity contribution in [2.75, 3.05) is 13.6 Å². The summed E-state index contributed by atoms with van der Waals surface area (Å²) in [5.41, 5.74) is -0.0595. The molecule has 0 spiro atoms. The van der Waals surface area contributed by atoms with Crippen LogP contribution in [-0.2, 0) is 0 Å². The summed E-state index contributed by atoms with van der Waals surface area (Å²) in [6.45, 7) is 9.04. The zero-order valence-corrected chi connectivity index (χ0v) is 7.81. The fourth-order valence-electron chi connectivity index (χ4n) is 0.771. The van der Waals surface area contributed by atoms with Crippen LogP contribution in [0.15, 0.2) is 0 Å². The van der Waals surface area contributed by atoms with E-state index in [4.69, 9.17) is 0 Å². The minimum atomic E-state index is -0.0595. The van der Waals surface area contributed by atoms with E-state index in [1.54, 1.807) is 0 Å². The number of quaternary nitrogens is 1. The molecule has 1 N–H and O–H groups in total. The minimum Gasteiger partial charge on any atom is -0.217 e. The van der Waals surface area contributed by atoms with Gasteiger partial charge in [0, 0.05) is 0 Å². The van der Waals surface area contributed by atoms with Gasteiger partial charge in [0.25, 0.3) is 0 Å². The van der Waals surface area contributed by atoms with Crippen LogP contribution in [-0.4, -0.2) is 29.0 Å². The minimum absolute atomic E-state index is 0.0595. The molecule has 0 aliphatic rings. The highest BCUT2D eigenvalue weighted by atomic mass is 16.5. The second-order valence-corrected chi connectivity index (χ2v) is 4.03. The molecule has 0 radical (unpaired) electrons. The zero-order chi connectivity index (χ0) is 8.41. The predicted molar refractivity (Wildman–Crippen MR) is 42.9 cm³/mol. The van der Waals surface area contributed by atoms with Gasteiger partial charge in [-0.3, -0.25) is 0 Å². The van der Waals surface area contributed by atoms with Gasteiger partial charge in [0.15, 0.2) is 0 Å². The molecule has 0 aliphatic carbocycles. The molecule has 0 amide bonds. The zero-order valence-electron chi connectivity index (χ0n) is 7.81. The predicted octanol–water partition coefficient (Wildman–Crippen LogP) is 2.03. The molecule has 0 heterocycles. The maximum absolute atomic E-state index is 9.79. The van der Waals surface area contributed by atoms with E-state index < -0.39 is 0 Å². The Labute approximate surface area is 64.0 Å². The van der Waals surface area contributed by atoms with Crippen molar-refractivity contribution in [2.24, 2.45) is 0 Å². The van der Waals surface area contributed by atoms with Gasteiger partial charge in [-0.1, -0.05) is 6.92 Å². The molecular formula is C8H20NO+. The van der Waals surface area contributed by atoms with Crippen molar-refractivity contribution < 1.29 is 9.85 Å². The van der Waals surface area contributed by atoms with Gasteiger partial charge in [0.2, 0.25) is 0 Å². The Kier molecular flexibility index (Phi) is 2.86. The van der Waals surface area contributed by atoms with Crippen LogP contribution in [0, 0.1) is 0 Å². The Morgan fingerprint density at radius 1 is 1.30 bits per heavy atom. The van der Waals surface area contributed by atoms with Gasteiger partial charge in [-0.15, -0.1) is 0 Å². The molecule has 0 aromatic heterocycles. The second kappa shape index (κ2) is 2.89. The Bertz CT molecular complexity index is 102. The van der Waals surface area contributed by atoms with E-state index >= 15 is 0 Å². The summed E-state index contributed by atoms with van der Waals surface area (Å²) in [6, 6.07) is 0. The lowest BCUT2D eigenvalue weighted by molar-refractivity contribution is -1.12. The quantitative estimate of drug-likeness (QED) is 0.467. The third-order valence-corrected chi connectivity index (χ3v) is 2.10. The molecule has 1 unspecified atom stereocenters. The molecular weight excluding hydrogens is 126 g/mol. The van der Waals surface area contributed by atoms with E-state index in [-0.39, 0.29) is 10.2 Å². The molecule has 0 bridgehead atoms. The first-order chi connectivity index (χ1) is 4.31. The number of rotatable bonds is 2. The van der Waals surface area contributed by atoms with Crippen LogP contribution in [0.2, 0.25) is 0 Å². The van der Waals surface area contributed by atoms with Gasteiger partial charge in [-0.2, -0.15) is 4.65 Å². The number of hydroxylamine groups is 3. The van der Waals surface area contributed by atoms with Gasteiger partial charge in [-0.25, -0.2) is 5.21 Å². The highest BCUT2D eigenvalue weighted by Gasteiger charge is 2.33. The van der Waals surface area contributed by atoms with Crippen molar-refractivity contribution in [2.45, 2.75) is 39.7 Å². The fraction of sp³-hybridized carbons (Fsp3) is 1.00. The Morgan fingerprint density at radius 2 is 1.70 bits per heavy atom. The average Bonchev–Trinajstić information content (AvgIpc) is 1.61. The Balaban J connectivity index is 4.10. The molecule has 0 aliphatic heterocycles. The molecule has 0 aromatic rings. The van der Waals surface area contributed by atoms with E-state index in [2.05, 4.69) is 6.92 Å². The van der Waals surface area contributed by atoms with E-state index in [9.17, 15) is 5.21 Å². The third-order valence-electron chi connectivity index (χ3n) is 2.10. The van der Waals surface area contributed by atoms with Crippen molar-refractivity contribution in [3.63, 3.8) is 0 Å². The van der Waals surface area contributed by atoms with Crippen molar-refractivity contribution in [3.05, 3.63) is 0 Å². The molecule has 0 rings (SSSR count). The van der Waals surface area contributed by atoms with Crippen LogP contribution >= 0.6 is 0 Å². The number of nitrogens with zero attached hydrogens (tertiary/aromatic N) is 1. The number of hydrogen-bond acceptors (Lipinski definition) is 1. The summed E-state index contributed by atoms with van der Waals surface area (Å²) in [7, 11) is 1.85. The first-order valence-electron chi connectivity index (χ1n) is 3.89. The van der Waals surface area contributed by atoms with Gasteiger partial charge in [0.1, 0.15) is 12.1 Å². The Hall–Kier alpha value is -0.0800. The lowest BCUT2D eigenvalue weighted by Gasteiger charge is -2.37. The maximum atomic E-state index is 9.79. The lowest BCUT2D eigenvalue weighted by atomic mass is 10.1. The van der Waals surface area contributed by atoms with Crippen molar-refractivity contribution in [3.8, 4) is 0 Å². The molecule has 10 heavy (non-hydrogen) atoms. The summed E-state index contributed by atoms with van der Waals surface area (Å²) < 4.78 is 0.115. The van der Waals surface area contributed by atoms with Crippen LogP contribution in [0.1, 0.15) is 34.1 Å². The molecule has 0 saturated heterocycles. The second-order valence-electron chi connectivity index (χ2n) is 4.03. The van der Waals surface area contributed by atoms with Gasteiger partial charge < -0.3 is 0 Å². The Morgan fingerprint density at radius 3 is 1.80 bits per heavy atom. The summed E-state index contributed by atoms with van der Waals surface area (Å²) in [5.74, 6) is 0. The average molecular weight is 146 g/mol. The van der Waals surface area contributed by atoms with E-state index in [0.29, 0.717) is 0 Å². The molecule has 0 fully saturated rings. The van der Waals surface area contributed by atoms with Gasteiger partial charge in [0.05, 0.1) is 7.05 Å².